The molecule has 2 atom stereocenters. The molecule has 0 spiro atoms. The number of nitrogens with one attached hydrogen (secondary N) is 2. The van der Waals surface area contributed by atoms with Crippen molar-refractivity contribution in [1.82, 2.24) is 24.7 Å². The Hall–Kier alpha value is -4.07. The lowest BCUT2D eigenvalue weighted by atomic mass is 10.1. The summed E-state index contributed by atoms with van der Waals surface area (Å²) >= 11 is 6.42. The number of ether oxygens (including phenoxy) is 1. The minimum Gasteiger partial charge on any atom is -0.494 e. The van der Waals surface area contributed by atoms with Crippen LogP contribution in [0.15, 0.2) is 36.5 Å². The number of carbonyl (C=O) groups excluding carboxylic acids is 3. The van der Waals surface area contributed by atoms with Crippen LogP contribution < -0.4 is 15.4 Å². The van der Waals surface area contributed by atoms with E-state index in [9.17, 15) is 28.3 Å². The average molecular weight is 603 g/mol. The molecule has 0 aliphatic carbocycles. The Morgan fingerprint density at radius 2 is 1.81 bits per heavy atom. The van der Waals surface area contributed by atoms with Crippen LogP contribution in [0.5, 0.6) is 5.75 Å². The smallest absolute Gasteiger partial charge is 0.291 e. The fourth-order valence-electron chi connectivity index (χ4n) is 5.14. The maximum atomic E-state index is 14.6. The second kappa shape index (κ2) is 12.0. The van der Waals surface area contributed by atoms with Crippen LogP contribution in [-0.4, -0.2) is 94.2 Å². The Morgan fingerprint density at radius 3 is 2.45 bits per heavy atom. The van der Waals surface area contributed by atoms with E-state index in [-0.39, 0.29) is 45.2 Å². The van der Waals surface area contributed by atoms with Gasteiger partial charge < -0.3 is 34.8 Å². The van der Waals surface area contributed by atoms with Crippen molar-refractivity contribution < 1.29 is 33.0 Å². The molecular formula is C28H29ClF2N6O5. The fraction of sp³-hybridized carbons (Fsp3) is 0.357. The largest absolute Gasteiger partial charge is 0.494 e. The van der Waals surface area contributed by atoms with Crippen molar-refractivity contribution in [2.45, 2.75) is 18.6 Å². The SMILES string of the molecule is COc1ccc(-c2cnc(C(=O)Nc3ccc(C(=O)N4CCN(C(=O)[C@@H]5CC(O)CN5)CC4)c(Cl)c3)n2C)c(F)c1F. The standard InChI is InChI=1S/C28H29ClF2N6O5/c1-35-21(18-5-6-22(42-2)24(31)23(18)30)14-33-25(35)26(39)34-15-3-4-17(19(29)11-15)27(40)36-7-9-37(10-8-36)28(41)20-12-16(38)13-32-20/h3-6,11,14,16,20,32,38H,7-10,12-13H2,1-2H3,(H,34,39)/t16?,20-/m0/s1. The van der Waals surface area contributed by atoms with Gasteiger partial charge in [0.1, 0.15) is 0 Å². The van der Waals surface area contributed by atoms with E-state index in [0.717, 1.165) is 0 Å². The maximum absolute atomic E-state index is 14.6. The summed E-state index contributed by atoms with van der Waals surface area (Å²) < 4.78 is 35.0. The van der Waals surface area contributed by atoms with Gasteiger partial charge in [-0.05, 0) is 36.8 Å². The van der Waals surface area contributed by atoms with Gasteiger partial charge in [-0.1, -0.05) is 11.6 Å². The van der Waals surface area contributed by atoms with Gasteiger partial charge >= 0.3 is 0 Å². The van der Waals surface area contributed by atoms with E-state index in [2.05, 4.69) is 15.6 Å². The molecule has 3 aromatic rings. The number of nitrogens with zero attached hydrogens (tertiary/aromatic N) is 4. The Labute approximate surface area is 245 Å². The number of amides is 3. The van der Waals surface area contributed by atoms with E-state index in [4.69, 9.17) is 16.3 Å². The van der Waals surface area contributed by atoms with Crippen molar-refractivity contribution in [1.29, 1.82) is 0 Å². The van der Waals surface area contributed by atoms with Gasteiger partial charge in [0, 0.05) is 51.0 Å². The highest BCUT2D eigenvalue weighted by molar-refractivity contribution is 6.34. The summed E-state index contributed by atoms with van der Waals surface area (Å²) in [6, 6.07) is 6.67. The van der Waals surface area contributed by atoms with Gasteiger partial charge in [-0.25, -0.2) is 9.37 Å². The molecule has 2 aromatic carbocycles. The molecule has 3 amide bonds. The van der Waals surface area contributed by atoms with E-state index in [0.29, 0.717) is 44.8 Å². The molecule has 2 saturated heterocycles. The summed E-state index contributed by atoms with van der Waals surface area (Å²) in [7, 11) is 2.72. The molecule has 5 rings (SSSR count). The molecule has 0 bridgehead atoms. The third-order valence-electron chi connectivity index (χ3n) is 7.48. The summed E-state index contributed by atoms with van der Waals surface area (Å²) in [5.41, 5.74) is 0.630. The molecule has 3 N–H and O–H groups in total. The summed E-state index contributed by atoms with van der Waals surface area (Å²) in [6.45, 7) is 1.77. The predicted molar refractivity (Wildman–Crippen MR) is 149 cm³/mol. The average Bonchev–Trinajstić information content (AvgIpc) is 3.59. The van der Waals surface area contributed by atoms with Crippen LogP contribution in [0.25, 0.3) is 11.3 Å². The van der Waals surface area contributed by atoms with E-state index in [1.807, 2.05) is 0 Å². The molecule has 2 aliphatic rings. The zero-order chi connectivity index (χ0) is 30.1. The second-order valence-corrected chi connectivity index (χ2v) is 10.5. The van der Waals surface area contributed by atoms with E-state index >= 15 is 0 Å². The number of benzene rings is 2. The van der Waals surface area contributed by atoms with E-state index in [1.54, 1.807) is 9.80 Å². The van der Waals surface area contributed by atoms with Gasteiger partial charge in [0.05, 0.1) is 41.7 Å². The van der Waals surface area contributed by atoms with Crippen LogP contribution in [0.1, 0.15) is 27.4 Å². The number of piperazine rings is 1. The summed E-state index contributed by atoms with van der Waals surface area (Å²) in [4.78, 5) is 46.1. The van der Waals surface area contributed by atoms with Gasteiger partial charge in [0.2, 0.25) is 11.7 Å². The molecule has 1 unspecified atom stereocenters. The lowest BCUT2D eigenvalue weighted by Crippen LogP contribution is -2.54. The number of hydrogen-bond donors (Lipinski definition) is 3. The summed E-state index contributed by atoms with van der Waals surface area (Å²) in [6.07, 6.45) is 1.10. The number of methoxy groups -OCH3 is 1. The minimum atomic E-state index is -1.15. The number of rotatable bonds is 6. The quantitative estimate of drug-likeness (QED) is 0.395. The maximum Gasteiger partial charge on any atom is 0.291 e. The molecule has 0 saturated carbocycles. The Kier molecular flexibility index (Phi) is 8.43. The predicted octanol–water partition coefficient (Wildman–Crippen LogP) is 2.29. The zero-order valence-electron chi connectivity index (χ0n) is 22.9. The molecule has 14 heteroatoms. The first-order valence-electron chi connectivity index (χ1n) is 13.2. The van der Waals surface area contributed by atoms with Crippen LogP contribution in [0.4, 0.5) is 14.5 Å². The molecule has 2 fully saturated rings. The molecule has 1 aromatic heterocycles. The van der Waals surface area contributed by atoms with Gasteiger partial charge in [-0.15, -0.1) is 0 Å². The Morgan fingerprint density at radius 1 is 1.10 bits per heavy atom. The van der Waals surface area contributed by atoms with Crippen molar-refractivity contribution in [3.8, 4) is 17.0 Å². The van der Waals surface area contributed by atoms with E-state index in [1.165, 1.54) is 55.3 Å². The van der Waals surface area contributed by atoms with Crippen LogP contribution in [0.3, 0.4) is 0 Å². The lowest BCUT2D eigenvalue weighted by Gasteiger charge is -2.36. The third-order valence-corrected chi connectivity index (χ3v) is 7.79. The molecule has 2 aliphatic heterocycles. The van der Waals surface area contributed by atoms with Gasteiger partial charge in [0.15, 0.2) is 17.4 Å². The highest BCUT2D eigenvalue weighted by atomic mass is 35.5. The summed E-state index contributed by atoms with van der Waals surface area (Å²) in [5.74, 6) is -3.60. The van der Waals surface area contributed by atoms with Crippen LogP contribution in [0, 0.1) is 11.6 Å². The van der Waals surface area contributed by atoms with Gasteiger partial charge in [-0.3, -0.25) is 14.4 Å². The van der Waals surface area contributed by atoms with E-state index < -0.39 is 29.7 Å². The lowest BCUT2D eigenvalue weighted by molar-refractivity contribution is -0.134. The van der Waals surface area contributed by atoms with Gasteiger partial charge in [0.25, 0.3) is 11.8 Å². The van der Waals surface area contributed by atoms with Crippen molar-refractivity contribution in [3.63, 3.8) is 0 Å². The Bertz CT molecular complexity index is 1540. The first-order valence-corrected chi connectivity index (χ1v) is 13.6. The molecule has 42 heavy (non-hydrogen) atoms. The number of β-amino-alcohol motifs (C(OH)–C–C–N with tert-alkyl or cyclic N) is 1. The third kappa shape index (κ3) is 5.67. The normalized spacial score (nSPS) is 18.7. The molecular weight excluding hydrogens is 574 g/mol. The van der Waals surface area contributed by atoms with Crippen molar-refractivity contribution in [3.05, 3.63) is 64.6 Å². The Balaban J connectivity index is 1.22. The topological polar surface area (TPSA) is 129 Å². The van der Waals surface area contributed by atoms with Crippen LogP contribution in [-0.2, 0) is 11.8 Å². The van der Waals surface area contributed by atoms with Crippen molar-refractivity contribution >= 4 is 35.0 Å². The van der Waals surface area contributed by atoms with Crippen molar-refractivity contribution in [2.75, 3.05) is 45.2 Å². The highest BCUT2D eigenvalue weighted by Gasteiger charge is 2.34. The minimum absolute atomic E-state index is 0.0633. The number of carbonyl (C=O) groups is 3. The number of aliphatic hydroxyl groups is 1. The van der Waals surface area contributed by atoms with Gasteiger partial charge in [-0.2, -0.15) is 4.39 Å². The second-order valence-electron chi connectivity index (χ2n) is 10.1. The molecule has 3 heterocycles. The number of imidazole rings is 1. The number of hydrogen-bond acceptors (Lipinski definition) is 7. The molecule has 0 radical (unpaired) electrons. The fourth-order valence-corrected chi connectivity index (χ4v) is 5.40. The van der Waals surface area contributed by atoms with Crippen molar-refractivity contribution in [2.24, 2.45) is 7.05 Å². The molecule has 11 nitrogen and oxygen atoms in total. The molecule has 222 valence electrons. The monoisotopic (exact) mass is 602 g/mol. The zero-order valence-corrected chi connectivity index (χ0v) is 23.6. The number of aromatic nitrogens is 2. The first kappa shape index (κ1) is 29.4. The number of aliphatic hydroxyl groups excluding tert-OH is 1. The highest BCUT2D eigenvalue weighted by Crippen LogP contribution is 2.30. The number of halogens is 3. The summed E-state index contributed by atoms with van der Waals surface area (Å²) in [5, 5.41) is 15.5. The number of anilines is 1. The van der Waals surface area contributed by atoms with Crippen LogP contribution >= 0.6 is 11.6 Å². The van der Waals surface area contributed by atoms with Crippen LogP contribution in [0.2, 0.25) is 5.02 Å². The first-order chi connectivity index (χ1) is 20.1.